The van der Waals surface area contributed by atoms with Crippen LogP contribution in [-0.2, 0) is 60.6 Å². The molecule has 68 heavy (non-hydrogen) atoms. The minimum absolute atomic E-state index is 0.0293. The van der Waals surface area contributed by atoms with Crippen LogP contribution >= 0.6 is 0 Å². The van der Waals surface area contributed by atoms with Crippen molar-refractivity contribution in [3.63, 3.8) is 0 Å². The number of methoxy groups -OCH3 is 2. The van der Waals surface area contributed by atoms with Gasteiger partial charge >= 0.3 is 24.1 Å². The van der Waals surface area contributed by atoms with Gasteiger partial charge in [0.05, 0.1) is 38.6 Å². The number of hydrogen-bond donors (Lipinski definition) is 4. The number of Topliss-reactive ketones (excluding diaryl/α,β-unsaturated/α-hetero) is 1. The monoisotopic (exact) mass is 949 g/mol. The summed E-state index contributed by atoms with van der Waals surface area (Å²) >= 11 is 0. The number of esters is 2. The number of nitrogens with zero attached hydrogens (tertiary/aromatic N) is 2. The van der Waals surface area contributed by atoms with Gasteiger partial charge in [0.1, 0.15) is 38.0 Å². The van der Waals surface area contributed by atoms with Gasteiger partial charge in [-0.2, -0.15) is 0 Å². The number of nitrogens with one attached hydrogen (secondary N) is 3. The SMILES string of the molecule is COCCOC(=O)NC(C(=O)CC(Cc1ccccc1)C(CN(Cc1ccc(-c2ccccn2)cc1)NC(=O)C(NC(=O)OC)C(C)C)OC(=O)COCCOC(=O)C(N)CC(C)C)C(C)(C)C. The number of rotatable bonds is 28. The fourth-order valence-electron chi connectivity index (χ4n) is 7.19. The molecule has 0 aliphatic heterocycles. The first-order valence-corrected chi connectivity index (χ1v) is 22.9. The van der Waals surface area contributed by atoms with Crippen LogP contribution < -0.4 is 21.8 Å². The number of pyridine rings is 1. The van der Waals surface area contributed by atoms with Gasteiger partial charge in [0, 0.05) is 37.8 Å². The zero-order valence-electron chi connectivity index (χ0n) is 41.0. The van der Waals surface area contributed by atoms with E-state index >= 15 is 0 Å². The normalized spacial score (nSPS) is 13.7. The minimum atomic E-state index is -1.12. The highest BCUT2D eigenvalue weighted by Crippen LogP contribution is 2.27. The van der Waals surface area contributed by atoms with Gasteiger partial charge in [0.2, 0.25) is 0 Å². The fourth-order valence-corrected chi connectivity index (χ4v) is 7.19. The quantitative estimate of drug-likeness (QED) is 0.0308. The molecule has 2 aromatic carbocycles. The highest BCUT2D eigenvalue weighted by molar-refractivity contribution is 5.88. The number of alkyl carbamates (subject to hydrolysis) is 2. The molecule has 5 atom stereocenters. The molecule has 0 spiro atoms. The summed E-state index contributed by atoms with van der Waals surface area (Å²) in [6, 6.07) is 19.6. The number of nitrogens with two attached hydrogens (primary N) is 1. The van der Waals surface area contributed by atoms with Crippen LogP contribution in [0, 0.1) is 23.2 Å². The molecule has 0 fully saturated rings. The van der Waals surface area contributed by atoms with E-state index in [4.69, 9.17) is 34.2 Å². The van der Waals surface area contributed by atoms with Gasteiger partial charge in [-0.3, -0.25) is 24.8 Å². The first-order valence-electron chi connectivity index (χ1n) is 22.9. The Morgan fingerprint density at radius 2 is 1.46 bits per heavy atom. The summed E-state index contributed by atoms with van der Waals surface area (Å²) in [5, 5.41) is 6.90. The maximum atomic E-state index is 14.6. The van der Waals surface area contributed by atoms with E-state index in [1.807, 2.05) is 107 Å². The van der Waals surface area contributed by atoms with Crippen LogP contribution in [0.2, 0.25) is 0 Å². The van der Waals surface area contributed by atoms with Crippen LogP contribution in [0.3, 0.4) is 0 Å². The van der Waals surface area contributed by atoms with Gasteiger partial charge < -0.3 is 44.8 Å². The zero-order valence-corrected chi connectivity index (χ0v) is 41.0. The van der Waals surface area contributed by atoms with E-state index in [1.165, 1.54) is 14.2 Å². The van der Waals surface area contributed by atoms with E-state index in [-0.39, 0.29) is 70.0 Å². The summed E-state index contributed by atoms with van der Waals surface area (Å²) in [6.07, 6.45) is -0.543. The second-order valence-electron chi connectivity index (χ2n) is 18.3. The Balaban J connectivity index is 2.07. The van der Waals surface area contributed by atoms with E-state index in [1.54, 1.807) is 25.1 Å². The predicted octanol–water partition coefficient (Wildman–Crippen LogP) is 5.41. The molecule has 1 aromatic heterocycles. The number of hydrazine groups is 1. The third-order valence-corrected chi connectivity index (χ3v) is 10.7. The van der Waals surface area contributed by atoms with Crippen LogP contribution in [0.25, 0.3) is 11.3 Å². The van der Waals surface area contributed by atoms with Gasteiger partial charge in [-0.15, -0.1) is 0 Å². The van der Waals surface area contributed by atoms with Crippen molar-refractivity contribution in [1.29, 1.82) is 0 Å². The molecule has 374 valence electrons. The lowest BCUT2D eigenvalue weighted by atomic mass is 9.79. The number of carbonyl (C=O) groups excluding carboxylic acids is 6. The van der Waals surface area contributed by atoms with Crippen molar-refractivity contribution in [2.75, 3.05) is 53.8 Å². The standard InChI is InChI=1S/C50H72N6O12/c1-33(2)27-39(51)47(60)66-26-24-65-32-43(58)68-42(38(28-35-15-11-10-12-16-35)29-41(57)45(50(5,6)7)54-49(62)67-25-23-63-8)31-56(55-46(59)44(34(3)4)53-48(61)64-9)30-36-18-20-37(21-19-36)40-17-13-14-22-52-40/h10-22,33-34,38-39,42,44-45H,23-32,51H2,1-9H3,(H,53,61)(H,54,62)(H,55,59). The number of benzene rings is 2. The predicted molar refractivity (Wildman–Crippen MR) is 254 cm³/mol. The summed E-state index contributed by atoms with van der Waals surface area (Å²) in [4.78, 5) is 84.8. The Labute approximate surface area is 400 Å². The summed E-state index contributed by atoms with van der Waals surface area (Å²) < 4.78 is 32.2. The molecule has 0 saturated heterocycles. The second kappa shape index (κ2) is 29.1. The lowest BCUT2D eigenvalue weighted by Crippen LogP contribution is -2.56. The molecule has 18 nitrogen and oxygen atoms in total. The molecule has 18 heteroatoms. The molecule has 1 heterocycles. The van der Waals surface area contributed by atoms with Crippen LogP contribution in [0.1, 0.15) is 72.4 Å². The maximum Gasteiger partial charge on any atom is 0.407 e. The highest BCUT2D eigenvalue weighted by Gasteiger charge is 2.38. The summed E-state index contributed by atoms with van der Waals surface area (Å²) in [6.45, 7) is 12.1. The fraction of sp³-hybridized carbons (Fsp3) is 0.540. The Morgan fingerprint density at radius 1 is 0.779 bits per heavy atom. The number of carbonyl (C=O) groups is 6. The van der Waals surface area contributed by atoms with Crippen molar-refractivity contribution < 1.29 is 57.2 Å². The van der Waals surface area contributed by atoms with E-state index in [2.05, 4.69) is 21.0 Å². The topological polar surface area (TPSA) is 236 Å². The molecule has 5 N–H and O–H groups in total. The summed E-state index contributed by atoms with van der Waals surface area (Å²) in [7, 11) is 2.67. The largest absolute Gasteiger partial charge is 0.462 e. The molecule has 0 radical (unpaired) electrons. The highest BCUT2D eigenvalue weighted by atomic mass is 16.6. The molecule has 0 saturated carbocycles. The number of ketones is 1. The van der Waals surface area contributed by atoms with E-state index < -0.39 is 72.2 Å². The molecule has 5 unspecified atom stereocenters. The maximum absolute atomic E-state index is 14.6. The van der Waals surface area contributed by atoms with Crippen molar-refractivity contribution in [2.45, 2.75) is 98.5 Å². The lowest BCUT2D eigenvalue weighted by Gasteiger charge is -2.35. The average molecular weight is 949 g/mol. The van der Waals surface area contributed by atoms with Crippen molar-refractivity contribution in [3.05, 3.63) is 90.1 Å². The summed E-state index contributed by atoms with van der Waals surface area (Å²) in [5.41, 5.74) is 11.3. The molecular formula is C50H72N6O12. The smallest absolute Gasteiger partial charge is 0.407 e. The molecule has 0 bridgehead atoms. The molecule has 3 rings (SSSR count). The van der Waals surface area contributed by atoms with E-state index in [0.29, 0.717) is 6.42 Å². The zero-order chi connectivity index (χ0) is 50.2. The van der Waals surface area contributed by atoms with Crippen molar-refractivity contribution >= 4 is 35.8 Å². The van der Waals surface area contributed by atoms with Crippen LogP contribution in [-0.4, -0.2) is 124 Å². The number of amides is 3. The molecule has 0 aliphatic rings. The first-order chi connectivity index (χ1) is 32.3. The lowest BCUT2D eigenvalue weighted by molar-refractivity contribution is -0.161. The third kappa shape index (κ3) is 20.5. The van der Waals surface area contributed by atoms with Gasteiger partial charge in [0.25, 0.3) is 5.91 Å². The summed E-state index contributed by atoms with van der Waals surface area (Å²) in [5.74, 6) is -3.27. The molecule has 0 aliphatic carbocycles. The average Bonchev–Trinajstić information content (AvgIpc) is 3.29. The first kappa shape index (κ1) is 56.4. The van der Waals surface area contributed by atoms with E-state index in [0.717, 1.165) is 22.4 Å². The Hall–Kier alpha value is -5.95. The number of ether oxygens (including phenoxy) is 6. The van der Waals surface area contributed by atoms with E-state index in [9.17, 15) is 28.8 Å². The van der Waals surface area contributed by atoms with Crippen LogP contribution in [0.15, 0.2) is 79.0 Å². The van der Waals surface area contributed by atoms with Gasteiger partial charge in [-0.1, -0.05) is 109 Å². The Bertz CT molecular complexity index is 2010. The minimum Gasteiger partial charge on any atom is -0.462 e. The van der Waals surface area contributed by atoms with Gasteiger partial charge in [-0.05, 0) is 53.4 Å². The Kier molecular flexibility index (Phi) is 24.1. The molecule has 3 aromatic rings. The second-order valence-corrected chi connectivity index (χ2v) is 18.3. The molecule has 3 amide bonds. The third-order valence-electron chi connectivity index (χ3n) is 10.7. The molecular weight excluding hydrogens is 877 g/mol. The van der Waals surface area contributed by atoms with Gasteiger partial charge in [0.15, 0.2) is 5.78 Å². The van der Waals surface area contributed by atoms with Crippen molar-refractivity contribution in [3.8, 4) is 11.3 Å². The number of aromatic nitrogens is 1. The van der Waals surface area contributed by atoms with Crippen LogP contribution in [0.4, 0.5) is 9.59 Å². The van der Waals surface area contributed by atoms with Crippen molar-refractivity contribution in [1.82, 2.24) is 26.1 Å². The van der Waals surface area contributed by atoms with Crippen LogP contribution in [0.5, 0.6) is 0 Å². The Morgan fingerprint density at radius 3 is 2.06 bits per heavy atom. The van der Waals surface area contributed by atoms with Gasteiger partial charge in [-0.25, -0.2) is 19.4 Å². The number of hydrogen-bond acceptors (Lipinski definition) is 15. The van der Waals surface area contributed by atoms with Crippen molar-refractivity contribution in [2.24, 2.45) is 28.9 Å².